The molecule has 1 aliphatic heterocycles. The number of halogens is 1. The van der Waals surface area contributed by atoms with Crippen molar-refractivity contribution in [3.8, 4) is 0 Å². The fourth-order valence-corrected chi connectivity index (χ4v) is 2.47. The summed E-state index contributed by atoms with van der Waals surface area (Å²) in [4.78, 5) is 14.4. The van der Waals surface area contributed by atoms with Gasteiger partial charge in [0, 0.05) is 5.54 Å². The number of likely N-dealkylation sites (tertiary alicyclic amines) is 1. The third-order valence-corrected chi connectivity index (χ3v) is 3.57. The standard InChI is InChI=1S/C14H29N3O.ClH/c1-11(13(18)16-14(2,3)4)17-8-6-12(7-9-17)10-15-5;/h11-12,15H,6-10H2,1-5H3,(H,16,18);1H. The summed E-state index contributed by atoms with van der Waals surface area (Å²) in [6.07, 6.45) is 2.38. The lowest BCUT2D eigenvalue weighted by Crippen LogP contribution is -2.53. The maximum Gasteiger partial charge on any atom is 0.237 e. The van der Waals surface area contributed by atoms with Gasteiger partial charge in [-0.3, -0.25) is 9.69 Å². The smallest absolute Gasteiger partial charge is 0.237 e. The first-order valence-corrected chi connectivity index (χ1v) is 7.04. The van der Waals surface area contributed by atoms with E-state index in [9.17, 15) is 4.79 Å². The van der Waals surface area contributed by atoms with Gasteiger partial charge in [0.15, 0.2) is 0 Å². The number of amides is 1. The molecular formula is C14H30ClN3O. The summed E-state index contributed by atoms with van der Waals surface area (Å²) >= 11 is 0. The van der Waals surface area contributed by atoms with Gasteiger partial charge in [-0.1, -0.05) is 0 Å². The van der Waals surface area contributed by atoms with Crippen LogP contribution in [0.15, 0.2) is 0 Å². The molecule has 5 heteroatoms. The Labute approximate surface area is 124 Å². The number of carbonyl (C=O) groups excluding carboxylic acids is 1. The van der Waals surface area contributed by atoms with E-state index in [0.717, 1.165) is 25.6 Å². The van der Waals surface area contributed by atoms with Crippen LogP contribution in [0, 0.1) is 5.92 Å². The number of hydrogen-bond donors (Lipinski definition) is 2. The highest BCUT2D eigenvalue weighted by Crippen LogP contribution is 2.18. The molecule has 0 aliphatic carbocycles. The van der Waals surface area contributed by atoms with Gasteiger partial charge in [0.2, 0.25) is 5.91 Å². The minimum absolute atomic E-state index is 0. The molecule has 0 saturated carbocycles. The molecule has 1 unspecified atom stereocenters. The van der Waals surface area contributed by atoms with Gasteiger partial charge in [0.1, 0.15) is 0 Å². The molecule has 0 bridgehead atoms. The zero-order valence-corrected chi connectivity index (χ0v) is 13.8. The fourth-order valence-electron chi connectivity index (χ4n) is 2.47. The molecular weight excluding hydrogens is 262 g/mol. The highest BCUT2D eigenvalue weighted by Gasteiger charge is 2.27. The topological polar surface area (TPSA) is 44.4 Å². The Morgan fingerprint density at radius 3 is 2.26 bits per heavy atom. The van der Waals surface area contributed by atoms with E-state index in [2.05, 4.69) is 15.5 Å². The van der Waals surface area contributed by atoms with Gasteiger partial charge in [0.25, 0.3) is 0 Å². The van der Waals surface area contributed by atoms with Crippen LogP contribution in [0.5, 0.6) is 0 Å². The third-order valence-electron chi connectivity index (χ3n) is 3.57. The maximum absolute atomic E-state index is 12.1. The Bertz CT molecular complexity index is 270. The molecule has 1 rings (SSSR count). The van der Waals surface area contributed by atoms with Crippen LogP contribution >= 0.6 is 12.4 Å². The van der Waals surface area contributed by atoms with Gasteiger partial charge < -0.3 is 10.6 Å². The van der Waals surface area contributed by atoms with Gasteiger partial charge in [-0.25, -0.2) is 0 Å². The first-order chi connectivity index (χ1) is 8.33. The molecule has 1 aliphatic rings. The van der Waals surface area contributed by atoms with Crippen molar-refractivity contribution >= 4 is 18.3 Å². The average Bonchev–Trinajstić information content (AvgIpc) is 2.27. The largest absolute Gasteiger partial charge is 0.350 e. The van der Waals surface area contributed by atoms with Crippen LogP contribution in [0.25, 0.3) is 0 Å². The number of nitrogens with one attached hydrogen (secondary N) is 2. The molecule has 1 amide bonds. The molecule has 114 valence electrons. The van der Waals surface area contributed by atoms with E-state index in [1.807, 2.05) is 34.7 Å². The third kappa shape index (κ3) is 6.59. The molecule has 1 heterocycles. The molecule has 19 heavy (non-hydrogen) atoms. The fraction of sp³-hybridized carbons (Fsp3) is 0.929. The number of nitrogens with zero attached hydrogens (tertiary/aromatic N) is 1. The van der Waals surface area contributed by atoms with E-state index < -0.39 is 0 Å². The van der Waals surface area contributed by atoms with Crippen molar-refractivity contribution in [2.24, 2.45) is 5.92 Å². The van der Waals surface area contributed by atoms with E-state index >= 15 is 0 Å². The van der Waals surface area contributed by atoms with Crippen molar-refractivity contribution < 1.29 is 4.79 Å². The zero-order valence-electron chi connectivity index (χ0n) is 13.0. The Balaban J connectivity index is 0.00000324. The monoisotopic (exact) mass is 291 g/mol. The van der Waals surface area contributed by atoms with Crippen molar-refractivity contribution in [2.75, 3.05) is 26.7 Å². The zero-order chi connectivity index (χ0) is 13.8. The Kier molecular flexibility index (Phi) is 7.94. The Hall–Kier alpha value is -0.320. The van der Waals surface area contributed by atoms with Crippen molar-refractivity contribution in [3.63, 3.8) is 0 Å². The highest BCUT2D eigenvalue weighted by molar-refractivity contribution is 5.85. The second-order valence-electron chi connectivity index (χ2n) is 6.45. The Morgan fingerprint density at radius 2 is 1.84 bits per heavy atom. The summed E-state index contributed by atoms with van der Waals surface area (Å²) in [6.45, 7) is 11.2. The van der Waals surface area contributed by atoms with E-state index in [1.165, 1.54) is 12.8 Å². The van der Waals surface area contributed by atoms with Crippen LogP contribution in [0.2, 0.25) is 0 Å². The SMILES string of the molecule is CNCC1CCN(C(C)C(=O)NC(C)(C)C)CC1.Cl. The molecule has 4 nitrogen and oxygen atoms in total. The molecule has 0 radical (unpaired) electrons. The minimum atomic E-state index is -0.143. The first kappa shape index (κ1) is 18.7. The minimum Gasteiger partial charge on any atom is -0.350 e. The van der Waals surface area contributed by atoms with Gasteiger partial charge in [-0.15, -0.1) is 12.4 Å². The second-order valence-corrected chi connectivity index (χ2v) is 6.45. The summed E-state index contributed by atoms with van der Waals surface area (Å²) in [5.41, 5.74) is -0.143. The van der Waals surface area contributed by atoms with Crippen molar-refractivity contribution in [1.82, 2.24) is 15.5 Å². The molecule has 1 fully saturated rings. The normalized spacial score (nSPS) is 19.6. The lowest BCUT2D eigenvalue weighted by atomic mass is 9.95. The lowest BCUT2D eigenvalue weighted by molar-refractivity contribution is -0.127. The molecule has 1 saturated heterocycles. The molecule has 0 aromatic carbocycles. The van der Waals surface area contributed by atoms with Crippen LogP contribution in [0.3, 0.4) is 0 Å². The van der Waals surface area contributed by atoms with Crippen molar-refractivity contribution in [1.29, 1.82) is 0 Å². The van der Waals surface area contributed by atoms with Crippen molar-refractivity contribution in [2.45, 2.75) is 52.1 Å². The van der Waals surface area contributed by atoms with Gasteiger partial charge in [-0.05, 0) is 73.1 Å². The second kappa shape index (κ2) is 8.08. The molecule has 1 atom stereocenters. The van der Waals surface area contributed by atoms with E-state index in [1.54, 1.807) is 0 Å². The first-order valence-electron chi connectivity index (χ1n) is 7.04. The molecule has 0 aromatic heterocycles. The van der Waals surface area contributed by atoms with Crippen LogP contribution in [0.1, 0.15) is 40.5 Å². The van der Waals surface area contributed by atoms with E-state index in [0.29, 0.717) is 0 Å². The van der Waals surface area contributed by atoms with E-state index in [4.69, 9.17) is 0 Å². The number of rotatable bonds is 4. The van der Waals surface area contributed by atoms with Crippen LogP contribution in [-0.4, -0.2) is 49.1 Å². The lowest BCUT2D eigenvalue weighted by Gasteiger charge is -2.36. The summed E-state index contributed by atoms with van der Waals surface area (Å²) in [6, 6.07) is -0.0141. The van der Waals surface area contributed by atoms with E-state index in [-0.39, 0.29) is 29.9 Å². The van der Waals surface area contributed by atoms with Crippen LogP contribution < -0.4 is 10.6 Å². The Morgan fingerprint density at radius 1 is 1.32 bits per heavy atom. The number of hydrogen-bond acceptors (Lipinski definition) is 3. The molecule has 0 aromatic rings. The summed E-state index contributed by atoms with van der Waals surface area (Å²) < 4.78 is 0. The predicted molar refractivity (Wildman–Crippen MR) is 82.8 cm³/mol. The van der Waals surface area contributed by atoms with Gasteiger partial charge in [-0.2, -0.15) is 0 Å². The molecule has 0 spiro atoms. The summed E-state index contributed by atoms with van der Waals surface area (Å²) in [7, 11) is 2.01. The van der Waals surface area contributed by atoms with Gasteiger partial charge in [0.05, 0.1) is 6.04 Å². The summed E-state index contributed by atoms with van der Waals surface area (Å²) in [5, 5.41) is 6.30. The maximum atomic E-state index is 12.1. The number of carbonyl (C=O) groups is 1. The predicted octanol–water partition coefficient (Wildman–Crippen LogP) is 1.64. The quantitative estimate of drug-likeness (QED) is 0.828. The average molecular weight is 292 g/mol. The van der Waals surface area contributed by atoms with Crippen LogP contribution in [-0.2, 0) is 4.79 Å². The number of piperidine rings is 1. The molecule has 2 N–H and O–H groups in total. The summed E-state index contributed by atoms with van der Waals surface area (Å²) in [5.74, 6) is 0.915. The van der Waals surface area contributed by atoms with Crippen LogP contribution in [0.4, 0.5) is 0 Å². The van der Waals surface area contributed by atoms with Gasteiger partial charge >= 0.3 is 0 Å². The van der Waals surface area contributed by atoms with Crippen molar-refractivity contribution in [3.05, 3.63) is 0 Å². The highest BCUT2D eigenvalue weighted by atomic mass is 35.5.